The number of fused-ring (bicyclic) bond motifs is 2. The van der Waals surface area contributed by atoms with Crippen LogP contribution in [0, 0.1) is 5.41 Å². The largest absolute Gasteiger partial charge is 0.478 e. The lowest BCUT2D eigenvalue weighted by Gasteiger charge is -2.19. The van der Waals surface area contributed by atoms with Gasteiger partial charge in [-0.05, 0) is 55.7 Å². The van der Waals surface area contributed by atoms with E-state index in [9.17, 15) is 23.1 Å². The molecule has 1 aliphatic carbocycles. The summed E-state index contributed by atoms with van der Waals surface area (Å²) in [5, 5.41) is 18.5. The standard InChI is InChI=1S/C27H27N3O6S/c1-16(31)7-3-2-6-14-30-37(34,35)26-22(29)13-12-21-24(18-8-4-5-9-19(18)27(32)33)20-11-10-17(28)15-23(20)36-25(21)26/h4-5,8-13,15,29-30H,2-3,6-7,14,28H2,1H3,(H,32,33). The second kappa shape index (κ2) is 10.5. The molecule has 192 valence electrons. The molecular formula is C27H27N3O6S. The molecule has 0 fully saturated rings. The normalized spacial score (nSPS) is 11.7. The minimum absolute atomic E-state index is 0.0381. The van der Waals surface area contributed by atoms with Crippen molar-refractivity contribution in [2.75, 3.05) is 12.3 Å². The smallest absolute Gasteiger partial charge is 0.336 e. The van der Waals surface area contributed by atoms with Gasteiger partial charge in [-0.2, -0.15) is 0 Å². The topological polar surface area (TPSA) is 164 Å². The fourth-order valence-corrected chi connectivity index (χ4v) is 5.66. The Morgan fingerprint density at radius 2 is 1.78 bits per heavy atom. The van der Waals surface area contributed by atoms with Crippen LogP contribution in [0.25, 0.3) is 33.4 Å². The number of anilines is 1. The first kappa shape index (κ1) is 26.1. The number of hydrogen-bond acceptors (Lipinski definition) is 7. The van der Waals surface area contributed by atoms with Gasteiger partial charge >= 0.3 is 5.97 Å². The lowest BCUT2D eigenvalue weighted by Crippen LogP contribution is -2.30. The number of sulfonamides is 1. The molecule has 2 aromatic rings. The molecule has 0 saturated carbocycles. The summed E-state index contributed by atoms with van der Waals surface area (Å²) in [5.74, 6) is -1.11. The summed E-state index contributed by atoms with van der Waals surface area (Å²) in [5.41, 5.74) is 7.84. The highest BCUT2D eigenvalue weighted by Crippen LogP contribution is 2.43. The van der Waals surface area contributed by atoms with Crippen molar-refractivity contribution in [3.05, 3.63) is 65.5 Å². The van der Waals surface area contributed by atoms with E-state index in [0.29, 0.717) is 53.4 Å². The van der Waals surface area contributed by atoms with Crippen LogP contribution in [0.3, 0.4) is 0 Å². The minimum Gasteiger partial charge on any atom is -0.478 e. The van der Waals surface area contributed by atoms with Crippen molar-refractivity contribution < 1.29 is 27.5 Å². The van der Waals surface area contributed by atoms with Gasteiger partial charge < -0.3 is 20.1 Å². The lowest BCUT2D eigenvalue weighted by molar-refractivity contribution is -0.117. The number of unbranched alkanes of at least 4 members (excludes halogenated alkanes) is 2. The molecule has 10 heteroatoms. The molecule has 0 aromatic heterocycles. The highest BCUT2D eigenvalue weighted by atomic mass is 32.2. The maximum atomic E-state index is 13.4. The van der Waals surface area contributed by atoms with Gasteiger partial charge in [-0.3, -0.25) is 5.41 Å². The Bertz CT molecular complexity index is 1640. The number of nitrogens with one attached hydrogen (secondary N) is 2. The van der Waals surface area contributed by atoms with Crippen LogP contribution in [-0.4, -0.2) is 31.8 Å². The average Bonchev–Trinajstić information content (AvgIpc) is 2.84. The lowest BCUT2D eigenvalue weighted by atomic mass is 9.90. The molecule has 0 spiro atoms. The quantitative estimate of drug-likeness (QED) is 0.136. The van der Waals surface area contributed by atoms with Gasteiger partial charge in [0.05, 0.1) is 10.9 Å². The first-order chi connectivity index (χ1) is 17.6. The number of Topliss-reactive ketones (excluding diaryl/α,β-unsaturated/α-hetero) is 1. The first-order valence-electron chi connectivity index (χ1n) is 11.8. The molecule has 0 unspecified atom stereocenters. The number of benzene rings is 3. The summed E-state index contributed by atoms with van der Waals surface area (Å²) in [6, 6.07) is 14.2. The van der Waals surface area contributed by atoms with Crippen LogP contribution in [0.5, 0.6) is 0 Å². The van der Waals surface area contributed by atoms with Crippen molar-refractivity contribution in [3.8, 4) is 22.5 Å². The highest BCUT2D eigenvalue weighted by molar-refractivity contribution is 7.89. The summed E-state index contributed by atoms with van der Waals surface area (Å²) >= 11 is 0. The Morgan fingerprint density at radius 3 is 2.51 bits per heavy atom. The van der Waals surface area contributed by atoms with E-state index in [2.05, 4.69) is 4.72 Å². The Hall–Kier alpha value is -4.02. The second-order valence-electron chi connectivity index (χ2n) is 8.81. The number of carboxylic acids is 1. The number of hydrogen-bond donors (Lipinski definition) is 4. The monoisotopic (exact) mass is 521 g/mol. The zero-order chi connectivity index (χ0) is 26.7. The van der Waals surface area contributed by atoms with Gasteiger partial charge in [-0.25, -0.2) is 17.9 Å². The maximum absolute atomic E-state index is 13.4. The minimum atomic E-state index is -4.17. The van der Waals surface area contributed by atoms with Gasteiger partial charge in [-0.15, -0.1) is 0 Å². The van der Waals surface area contributed by atoms with E-state index in [-0.39, 0.29) is 39.5 Å². The Morgan fingerprint density at radius 1 is 1.03 bits per heavy atom. The van der Waals surface area contributed by atoms with Gasteiger partial charge in [0.15, 0.2) is 10.7 Å². The van der Waals surface area contributed by atoms with E-state index in [1.807, 2.05) is 0 Å². The molecule has 37 heavy (non-hydrogen) atoms. The van der Waals surface area contributed by atoms with Crippen LogP contribution in [-0.2, 0) is 14.8 Å². The van der Waals surface area contributed by atoms with Crippen molar-refractivity contribution in [2.45, 2.75) is 37.5 Å². The summed E-state index contributed by atoms with van der Waals surface area (Å²) in [7, 11) is -4.17. The van der Waals surface area contributed by atoms with Crippen LogP contribution in [0.15, 0.2) is 63.9 Å². The van der Waals surface area contributed by atoms with E-state index in [1.165, 1.54) is 25.1 Å². The number of nitrogens with two attached hydrogens (primary N) is 1. The predicted octanol–water partition coefficient (Wildman–Crippen LogP) is 4.39. The first-order valence-corrected chi connectivity index (χ1v) is 13.2. The number of aromatic carboxylic acids is 1. The molecule has 0 bridgehead atoms. The van der Waals surface area contributed by atoms with Gasteiger partial charge in [-0.1, -0.05) is 24.6 Å². The molecule has 9 nitrogen and oxygen atoms in total. The number of carbonyl (C=O) groups excluding carboxylic acids is 1. The second-order valence-corrected chi connectivity index (χ2v) is 10.5. The summed E-state index contributed by atoms with van der Waals surface area (Å²) < 4.78 is 35.3. The van der Waals surface area contributed by atoms with E-state index in [0.717, 1.165) is 0 Å². The molecule has 0 amide bonds. The number of carbonyl (C=O) groups is 2. The van der Waals surface area contributed by atoms with Crippen LogP contribution in [0.4, 0.5) is 5.69 Å². The number of carboxylic acid groups (broad SMARTS) is 1. The van der Waals surface area contributed by atoms with Gasteiger partial charge in [0, 0.05) is 41.2 Å². The van der Waals surface area contributed by atoms with Crippen molar-refractivity contribution in [3.63, 3.8) is 0 Å². The summed E-state index contributed by atoms with van der Waals surface area (Å²) in [6.45, 7) is 1.65. The Kier molecular flexibility index (Phi) is 7.42. The molecular weight excluding hydrogens is 494 g/mol. The molecule has 0 atom stereocenters. The van der Waals surface area contributed by atoms with E-state index in [1.54, 1.807) is 36.4 Å². The number of rotatable bonds is 10. The van der Waals surface area contributed by atoms with Crippen molar-refractivity contribution >= 4 is 38.4 Å². The van der Waals surface area contributed by atoms with Crippen LogP contribution >= 0.6 is 0 Å². The molecule has 2 aliphatic rings. The van der Waals surface area contributed by atoms with Crippen LogP contribution in [0.1, 0.15) is 43.0 Å². The molecule has 1 aliphatic heterocycles. The molecule has 5 N–H and O–H groups in total. The zero-order valence-electron chi connectivity index (χ0n) is 20.2. The van der Waals surface area contributed by atoms with E-state index >= 15 is 0 Å². The number of nitrogen functional groups attached to an aromatic ring is 1. The third-order valence-corrected chi connectivity index (χ3v) is 7.59. The van der Waals surface area contributed by atoms with Crippen molar-refractivity contribution in [1.82, 2.24) is 4.72 Å². The van der Waals surface area contributed by atoms with Gasteiger partial charge in [0.25, 0.3) is 0 Å². The zero-order valence-corrected chi connectivity index (χ0v) is 21.0. The van der Waals surface area contributed by atoms with E-state index in [4.69, 9.17) is 15.6 Å². The van der Waals surface area contributed by atoms with Gasteiger partial charge in [0.1, 0.15) is 11.4 Å². The van der Waals surface area contributed by atoms with Crippen molar-refractivity contribution in [1.29, 1.82) is 5.41 Å². The van der Waals surface area contributed by atoms with E-state index < -0.39 is 16.0 Å². The SMILES string of the molecule is CC(=O)CCCCCNS(=O)(=O)c1c2oc3cc(N)ccc3c(-c3ccccc3C(=O)O)c-2ccc1=N. The molecule has 4 rings (SSSR count). The third-order valence-electron chi connectivity index (χ3n) is 6.06. The van der Waals surface area contributed by atoms with Crippen LogP contribution < -0.4 is 15.8 Å². The number of ketones is 1. The Balaban J connectivity index is 1.87. The fraction of sp³-hybridized carbons (Fsp3) is 0.222. The average molecular weight is 522 g/mol. The molecule has 1 heterocycles. The third kappa shape index (κ3) is 5.40. The fourth-order valence-electron chi connectivity index (χ4n) is 4.34. The van der Waals surface area contributed by atoms with Gasteiger partial charge in [0.2, 0.25) is 10.0 Å². The maximum Gasteiger partial charge on any atom is 0.336 e. The van der Waals surface area contributed by atoms with Crippen LogP contribution in [0.2, 0.25) is 0 Å². The molecule has 2 aromatic carbocycles. The highest BCUT2D eigenvalue weighted by Gasteiger charge is 2.29. The predicted molar refractivity (Wildman–Crippen MR) is 140 cm³/mol. The summed E-state index contributed by atoms with van der Waals surface area (Å²) in [6.07, 6.45) is 2.32. The van der Waals surface area contributed by atoms with Crippen molar-refractivity contribution in [2.24, 2.45) is 0 Å². The molecule has 0 saturated heterocycles. The summed E-state index contributed by atoms with van der Waals surface area (Å²) in [4.78, 5) is 22.8. The Labute approximate surface area is 213 Å². The molecule has 0 radical (unpaired) electrons.